The standard InChI is InChI=1S/C14H10F2N2O2/c1-9(10-4-6-17-7-5-10)18-20-14(19)12-8-11(15)2-3-13(12)16/h2-8H,1H3/b18-9-. The number of hydrogen-bond acceptors (Lipinski definition) is 4. The van der Waals surface area contributed by atoms with Crippen LogP contribution in [0.1, 0.15) is 22.8 Å². The second kappa shape index (κ2) is 6.01. The monoisotopic (exact) mass is 276 g/mol. The molecule has 0 radical (unpaired) electrons. The number of halogens is 2. The lowest BCUT2D eigenvalue weighted by molar-refractivity contribution is 0.0510. The molecule has 102 valence electrons. The first-order valence-corrected chi connectivity index (χ1v) is 5.69. The van der Waals surface area contributed by atoms with Crippen molar-refractivity contribution in [2.75, 3.05) is 0 Å². The lowest BCUT2D eigenvalue weighted by Crippen LogP contribution is -2.06. The maximum atomic E-state index is 13.3. The number of pyridine rings is 1. The SMILES string of the molecule is C/C(=N/OC(=O)c1cc(F)ccc1F)c1ccncc1. The van der Waals surface area contributed by atoms with Crippen molar-refractivity contribution >= 4 is 11.7 Å². The topological polar surface area (TPSA) is 51.5 Å². The van der Waals surface area contributed by atoms with E-state index in [4.69, 9.17) is 0 Å². The number of benzene rings is 1. The zero-order valence-electron chi connectivity index (χ0n) is 10.5. The number of hydrogen-bond donors (Lipinski definition) is 0. The maximum absolute atomic E-state index is 13.3. The summed E-state index contributed by atoms with van der Waals surface area (Å²) in [5.41, 5.74) is 0.612. The van der Waals surface area contributed by atoms with Gasteiger partial charge < -0.3 is 4.84 Å². The van der Waals surface area contributed by atoms with Crippen LogP contribution in [-0.2, 0) is 4.84 Å². The first-order chi connectivity index (χ1) is 9.58. The first kappa shape index (κ1) is 13.8. The predicted octanol–water partition coefficient (Wildman–Crippen LogP) is 2.94. The number of rotatable bonds is 3. The highest BCUT2D eigenvalue weighted by molar-refractivity contribution is 5.99. The molecule has 4 nitrogen and oxygen atoms in total. The third kappa shape index (κ3) is 3.23. The number of oxime groups is 1. The van der Waals surface area contributed by atoms with E-state index in [0.29, 0.717) is 11.3 Å². The average Bonchev–Trinajstić information content (AvgIpc) is 2.47. The van der Waals surface area contributed by atoms with Crippen LogP contribution in [0.5, 0.6) is 0 Å². The Morgan fingerprint density at radius 1 is 1.20 bits per heavy atom. The van der Waals surface area contributed by atoms with Crippen molar-refractivity contribution in [2.45, 2.75) is 6.92 Å². The molecule has 0 bridgehead atoms. The molecule has 1 aromatic carbocycles. The number of nitrogens with zero attached hydrogens (tertiary/aromatic N) is 2. The quantitative estimate of drug-likeness (QED) is 0.492. The van der Waals surface area contributed by atoms with Crippen LogP contribution in [0, 0.1) is 11.6 Å². The van der Waals surface area contributed by atoms with Crippen molar-refractivity contribution in [3.8, 4) is 0 Å². The lowest BCUT2D eigenvalue weighted by atomic mass is 10.2. The van der Waals surface area contributed by atoms with Gasteiger partial charge >= 0.3 is 5.97 Å². The van der Waals surface area contributed by atoms with E-state index in [1.54, 1.807) is 31.5 Å². The molecule has 2 rings (SSSR count). The molecule has 0 saturated heterocycles. The molecule has 0 amide bonds. The second-order valence-corrected chi connectivity index (χ2v) is 3.92. The van der Waals surface area contributed by atoms with Crippen LogP contribution in [0.15, 0.2) is 47.9 Å². The molecule has 0 N–H and O–H groups in total. The summed E-state index contributed by atoms with van der Waals surface area (Å²) in [6.07, 6.45) is 3.12. The summed E-state index contributed by atoms with van der Waals surface area (Å²) < 4.78 is 26.3. The second-order valence-electron chi connectivity index (χ2n) is 3.92. The van der Waals surface area contributed by atoms with Gasteiger partial charge in [0.05, 0.1) is 5.71 Å². The van der Waals surface area contributed by atoms with Gasteiger partial charge in [-0.05, 0) is 37.3 Å². The van der Waals surface area contributed by atoms with E-state index in [2.05, 4.69) is 15.0 Å². The van der Waals surface area contributed by atoms with Gasteiger partial charge in [-0.2, -0.15) is 0 Å². The summed E-state index contributed by atoms with van der Waals surface area (Å²) in [5.74, 6) is -2.66. The molecule has 0 fully saturated rings. The molecule has 0 unspecified atom stereocenters. The van der Waals surface area contributed by atoms with Crippen molar-refractivity contribution in [2.24, 2.45) is 5.16 Å². The molecular formula is C14H10F2N2O2. The summed E-state index contributed by atoms with van der Waals surface area (Å²) in [4.78, 5) is 20.0. The van der Waals surface area contributed by atoms with E-state index >= 15 is 0 Å². The number of carbonyl (C=O) groups excluding carboxylic acids is 1. The van der Waals surface area contributed by atoms with Crippen molar-refractivity contribution in [1.82, 2.24) is 4.98 Å². The average molecular weight is 276 g/mol. The van der Waals surface area contributed by atoms with Crippen LogP contribution in [0.4, 0.5) is 8.78 Å². The summed E-state index contributed by atoms with van der Waals surface area (Å²) in [7, 11) is 0. The van der Waals surface area contributed by atoms with E-state index < -0.39 is 23.2 Å². The van der Waals surface area contributed by atoms with Gasteiger partial charge in [0.15, 0.2) is 0 Å². The highest BCUT2D eigenvalue weighted by Gasteiger charge is 2.14. The summed E-state index contributed by atoms with van der Waals surface area (Å²) in [6.45, 7) is 1.62. The normalized spacial score (nSPS) is 11.2. The fourth-order valence-electron chi connectivity index (χ4n) is 1.46. The largest absolute Gasteiger partial charge is 0.368 e. The third-order valence-corrected chi connectivity index (χ3v) is 2.51. The lowest BCUT2D eigenvalue weighted by Gasteiger charge is -2.02. The van der Waals surface area contributed by atoms with Crippen LogP contribution in [0.2, 0.25) is 0 Å². The predicted molar refractivity (Wildman–Crippen MR) is 68.2 cm³/mol. The van der Waals surface area contributed by atoms with E-state index in [9.17, 15) is 13.6 Å². The maximum Gasteiger partial charge on any atom is 0.368 e. The first-order valence-electron chi connectivity index (χ1n) is 5.69. The molecule has 20 heavy (non-hydrogen) atoms. The fourth-order valence-corrected chi connectivity index (χ4v) is 1.46. The molecule has 0 saturated carbocycles. The Kier molecular flexibility index (Phi) is 4.14. The Bertz CT molecular complexity index is 657. The van der Waals surface area contributed by atoms with Gasteiger partial charge in [0.1, 0.15) is 17.2 Å². The van der Waals surface area contributed by atoms with Gasteiger partial charge in [-0.15, -0.1) is 0 Å². The third-order valence-electron chi connectivity index (χ3n) is 2.51. The zero-order chi connectivity index (χ0) is 14.5. The fraction of sp³-hybridized carbons (Fsp3) is 0.0714. The molecule has 0 atom stereocenters. The van der Waals surface area contributed by atoms with Crippen molar-refractivity contribution in [3.63, 3.8) is 0 Å². The number of carbonyl (C=O) groups is 1. The van der Waals surface area contributed by atoms with Gasteiger partial charge in [0.2, 0.25) is 0 Å². The van der Waals surface area contributed by atoms with Crippen LogP contribution >= 0.6 is 0 Å². The van der Waals surface area contributed by atoms with Gasteiger partial charge in [-0.25, -0.2) is 13.6 Å². The van der Waals surface area contributed by atoms with Gasteiger partial charge in [-0.1, -0.05) is 5.16 Å². The molecule has 0 spiro atoms. The van der Waals surface area contributed by atoms with Gasteiger partial charge in [0.25, 0.3) is 0 Å². The highest BCUT2D eigenvalue weighted by atomic mass is 19.1. The molecule has 1 aromatic heterocycles. The van der Waals surface area contributed by atoms with Crippen LogP contribution in [0.25, 0.3) is 0 Å². The highest BCUT2D eigenvalue weighted by Crippen LogP contribution is 2.11. The van der Waals surface area contributed by atoms with E-state index in [0.717, 1.165) is 18.2 Å². The van der Waals surface area contributed by atoms with Gasteiger partial charge in [0, 0.05) is 18.0 Å². The summed E-state index contributed by atoms with van der Waals surface area (Å²) in [6, 6.07) is 5.88. The molecule has 0 aliphatic rings. The Morgan fingerprint density at radius 2 is 1.90 bits per heavy atom. The van der Waals surface area contributed by atoms with Crippen LogP contribution < -0.4 is 0 Å². The smallest absolute Gasteiger partial charge is 0.312 e. The minimum atomic E-state index is -1.06. The Labute approximate surface area is 113 Å². The molecule has 0 aliphatic heterocycles. The van der Waals surface area contributed by atoms with E-state index in [1.165, 1.54) is 0 Å². The van der Waals surface area contributed by atoms with Crippen molar-refractivity contribution in [1.29, 1.82) is 0 Å². The molecule has 1 heterocycles. The van der Waals surface area contributed by atoms with Crippen molar-refractivity contribution in [3.05, 3.63) is 65.5 Å². The summed E-state index contributed by atoms with van der Waals surface area (Å²) >= 11 is 0. The molecule has 0 aliphatic carbocycles. The Hall–Kier alpha value is -2.63. The van der Waals surface area contributed by atoms with E-state index in [1.807, 2.05) is 0 Å². The molecule has 6 heteroatoms. The Balaban J connectivity index is 2.14. The van der Waals surface area contributed by atoms with Crippen LogP contribution in [0.3, 0.4) is 0 Å². The molecular weight excluding hydrogens is 266 g/mol. The zero-order valence-corrected chi connectivity index (χ0v) is 10.5. The van der Waals surface area contributed by atoms with E-state index in [-0.39, 0.29) is 0 Å². The van der Waals surface area contributed by atoms with Gasteiger partial charge in [-0.3, -0.25) is 4.98 Å². The van der Waals surface area contributed by atoms with Crippen LogP contribution in [-0.4, -0.2) is 16.7 Å². The summed E-state index contributed by atoms with van der Waals surface area (Å²) in [5, 5.41) is 3.59. The Morgan fingerprint density at radius 3 is 2.60 bits per heavy atom. The van der Waals surface area contributed by atoms with Crippen molar-refractivity contribution < 1.29 is 18.4 Å². The minimum absolute atomic E-state index is 0.414. The minimum Gasteiger partial charge on any atom is -0.312 e. The molecule has 2 aromatic rings. The number of aromatic nitrogens is 1.